The molecule has 31 heavy (non-hydrogen) atoms. The molecule has 0 saturated heterocycles. The molecule has 0 fully saturated rings. The molecule has 0 spiro atoms. The molecule has 0 aliphatic rings. The first-order valence-electron chi connectivity index (χ1n) is 9.66. The van der Waals surface area contributed by atoms with E-state index in [1.165, 1.54) is 0 Å². The van der Waals surface area contributed by atoms with E-state index in [2.05, 4.69) is 15.5 Å². The van der Waals surface area contributed by atoms with E-state index in [1.807, 2.05) is 66.9 Å². The van der Waals surface area contributed by atoms with Crippen LogP contribution < -0.4 is 5.43 Å². The van der Waals surface area contributed by atoms with Gasteiger partial charge in [-0.15, -0.1) is 0 Å². The molecule has 3 aromatic heterocycles. The number of hydrazone groups is 1. The number of aromatic nitrogens is 3. The van der Waals surface area contributed by atoms with Crippen molar-refractivity contribution in [1.82, 2.24) is 20.2 Å². The van der Waals surface area contributed by atoms with E-state index in [1.54, 1.807) is 35.3 Å². The predicted molar refractivity (Wildman–Crippen MR) is 118 cm³/mol. The minimum absolute atomic E-state index is 0.289. The maximum absolute atomic E-state index is 12.2. The van der Waals surface area contributed by atoms with Gasteiger partial charge in [0.05, 0.1) is 11.9 Å². The van der Waals surface area contributed by atoms with Gasteiger partial charge < -0.3 is 4.42 Å². The molecule has 0 atom stereocenters. The van der Waals surface area contributed by atoms with E-state index in [0.29, 0.717) is 17.0 Å². The number of hydrogen-bond acceptors (Lipinski definition) is 5. The SMILES string of the molecule is O=C(N/N=C/c1cn(-c2ccccc2)nc1-c1cc2ccccc2o1)c1ccccn1. The minimum Gasteiger partial charge on any atom is -0.454 e. The molecule has 3 heterocycles. The lowest BCUT2D eigenvalue weighted by Crippen LogP contribution is -2.18. The molecule has 0 bridgehead atoms. The lowest BCUT2D eigenvalue weighted by molar-refractivity contribution is 0.0950. The van der Waals surface area contributed by atoms with Gasteiger partial charge in [-0.25, -0.2) is 10.1 Å². The molecule has 7 nitrogen and oxygen atoms in total. The van der Waals surface area contributed by atoms with Crippen molar-refractivity contribution in [2.24, 2.45) is 5.10 Å². The molecule has 150 valence electrons. The van der Waals surface area contributed by atoms with Gasteiger partial charge in [0.15, 0.2) is 5.76 Å². The van der Waals surface area contributed by atoms with Crippen molar-refractivity contribution in [2.75, 3.05) is 0 Å². The van der Waals surface area contributed by atoms with Gasteiger partial charge in [-0.1, -0.05) is 42.5 Å². The quantitative estimate of drug-likeness (QED) is 0.345. The van der Waals surface area contributed by atoms with Gasteiger partial charge in [-0.05, 0) is 36.4 Å². The summed E-state index contributed by atoms with van der Waals surface area (Å²) in [5.74, 6) is 0.228. The van der Waals surface area contributed by atoms with Crippen molar-refractivity contribution in [2.45, 2.75) is 0 Å². The van der Waals surface area contributed by atoms with Crippen LogP contribution in [0.25, 0.3) is 28.1 Å². The first-order valence-corrected chi connectivity index (χ1v) is 9.66. The van der Waals surface area contributed by atoms with Crippen molar-refractivity contribution in [1.29, 1.82) is 0 Å². The molecule has 7 heteroatoms. The van der Waals surface area contributed by atoms with Crippen LogP contribution in [0.2, 0.25) is 0 Å². The molecule has 5 rings (SSSR count). The van der Waals surface area contributed by atoms with E-state index >= 15 is 0 Å². The van der Waals surface area contributed by atoms with Crippen LogP contribution >= 0.6 is 0 Å². The van der Waals surface area contributed by atoms with Gasteiger partial charge in [-0.3, -0.25) is 9.78 Å². The number of nitrogens with zero attached hydrogens (tertiary/aromatic N) is 4. The molecular formula is C24H17N5O2. The third-order valence-corrected chi connectivity index (χ3v) is 4.69. The van der Waals surface area contributed by atoms with Crippen LogP contribution in [-0.2, 0) is 0 Å². The Morgan fingerprint density at radius 2 is 1.81 bits per heavy atom. The van der Waals surface area contributed by atoms with Crippen LogP contribution in [0, 0.1) is 0 Å². The third-order valence-electron chi connectivity index (χ3n) is 4.69. The standard InChI is InChI=1S/C24H17N5O2/c30-24(20-11-6-7-13-25-20)27-26-15-18-16-29(19-9-2-1-3-10-19)28-23(18)22-14-17-8-4-5-12-21(17)31-22/h1-16H,(H,27,30)/b26-15+. The van der Waals surface area contributed by atoms with Crippen LogP contribution in [0.1, 0.15) is 16.1 Å². The third kappa shape index (κ3) is 3.84. The fraction of sp³-hybridized carbons (Fsp3) is 0. The second-order valence-electron chi connectivity index (χ2n) is 6.78. The smallest absolute Gasteiger partial charge is 0.289 e. The van der Waals surface area contributed by atoms with Crippen molar-refractivity contribution in [3.63, 3.8) is 0 Å². The van der Waals surface area contributed by atoms with Crippen LogP contribution in [0.5, 0.6) is 0 Å². The zero-order valence-corrected chi connectivity index (χ0v) is 16.3. The Morgan fingerprint density at radius 1 is 1.00 bits per heavy atom. The zero-order chi connectivity index (χ0) is 21.0. The molecule has 0 aliphatic carbocycles. The summed E-state index contributed by atoms with van der Waals surface area (Å²) in [4.78, 5) is 16.2. The first-order chi connectivity index (χ1) is 15.3. The zero-order valence-electron chi connectivity index (χ0n) is 16.3. The fourth-order valence-corrected chi connectivity index (χ4v) is 3.20. The highest BCUT2D eigenvalue weighted by Crippen LogP contribution is 2.29. The number of furan rings is 1. The largest absolute Gasteiger partial charge is 0.454 e. The number of amides is 1. The molecule has 0 radical (unpaired) electrons. The number of rotatable bonds is 5. The highest BCUT2D eigenvalue weighted by atomic mass is 16.3. The highest BCUT2D eigenvalue weighted by Gasteiger charge is 2.15. The van der Waals surface area contributed by atoms with E-state index in [9.17, 15) is 4.79 Å². The maximum Gasteiger partial charge on any atom is 0.289 e. The maximum atomic E-state index is 12.2. The molecule has 5 aromatic rings. The highest BCUT2D eigenvalue weighted by molar-refractivity contribution is 5.94. The molecule has 0 saturated carbocycles. The predicted octanol–water partition coefficient (Wildman–Crippen LogP) is 4.44. The van der Waals surface area contributed by atoms with Crippen molar-refractivity contribution >= 4 is 23.1 Å². The van der Waals surface area contributed by atoms with Crippen molar-refractivity contribution < 1.29 is 9.21 Å². The second-order valence-corrected chi connectivity index (χ2v) is 6.78. The number of pyridine rings is 1. The normalized spacial score (nSPS) is 11.2. The van der Waals surface area contributed by atoms with Crippen LogP contribution in [0.4, 0.5) is 0 Å². The van der Waals surface area contributed by atoms with Gasteiger partial charge in [0.1, 0.15) is 17.0 Å². The summed E-state index contributed by atoms with van der Waals surface area (Å²) in [5.41, 5.74) is 5.79. The van der Waals surface area contributed by atoms with E-state index in [0.717, 1.165) is 16.7 Å². The Labute approximate surface area is 177 Å². The monoisotopic (exact) mass is 407 g/mol. The number of para-hydroxylation sites is 2. The Hall–Kier alpha value is -4.52. The number of benzene rings is 2. The van der Waals surface area contributed by atoms with Gasteiger partial charge in [0, 0.05) is 23.3 Å². The molecule has 0 aliphatic heterocycles. The lowest BCUT2D eigenvalue weighted by atomic mass is 10.2. The first kappa shape index (κ1) is 18.5. The van der Waals surface area contributed by atoms with Gasteiger partial charge in [0.25, 0.3) is 5.91 Å². The minimum atomic E-state index is -0.391. The molecule has 1 N–H and O–H groups in total. The Balaban J connectivity index is 1.50. The number of carbonyl (C=O) groups excluding carboxylic acids is 1. The molecule has 0 unspecified atom stereocenters. The van der Waals surface area contributed by atoms with Crippen molar-refractivity contribution in [3.05, 3.63) is 103 Å². The summed E-state index contributed by atoms with van der Waals surface area (Å²) in [7, 11) is 0. The molecule has 1 amide bonds. The Morgan fingerprint density at radius 3 is 2.61 bits per heavy atom. The lowest BCUT2D eigenvalue weighted by Gasteiger charge is -1.98. The van der Waals surface area contributed by atoms with E-state index in [4.69, 9.17) is 9.52 Å². The number of fused-ring (bicyclic) bond motifs is 1. The summed E-state index contributed by atoms with van der Waals surface area (Å²) < 4.78 is 7.76. The average molecular weight is 407 g/mol. The second kappa shape index (κ2) is 8.08. The summed E-state index contributed by atoms with van der Waals surface area (Å²) in [6.45, 7) is 0. The van der Waals surface area contributed by atoms with E-state index < -0.39 is 5.91 Å². The summed E-state index contributed by atoms with van der Waals surface area (Å²) >= 11 is 0. The number of hydrogen-bond donors (Lipinski definition) is 1. The number of carbonyl (C=O) groups is 1. The topological polar surface area (TPSA) is 85.3 Å². The Kier molecular flexibility index (Phi) is 4.82. The molecular weight excluding hydrogens is 390 g/mol. The van der Waals surface area contributed by atoms with Gasteiger partial charge in [0.2, 0.25) is 0 Å². The summed E-state index contributed by atoms with van der Waals surface area (Å²) in [6.07, 6.45) is 4.95. The van der Waals surface area contributed by atoms with Crippen LogP contribution in [0.15, 0.2) is 101 Å². The van der Waals surface area contributed by atoms with Gasteiger partial charge in [-0.2, -0.15) is 10.2 Å². The van der Waals surface area contributed by atoms with Gasteiger partial charge >= 0.3 is 0 Å². The average Bonchev–Trinajstić information content (AvgIpc) is 3.44. The molecule has 2 aromatic carbocycles. The number of nitrogens with one attached hydrogen (secondary N) is 1. The Bertz CT molecular complexity index is 1340. The summed E-state index contributed by atoms with van der Waals surface area (Å²) in [5, 5.41) is 9.80. The fourth-order valence-electron chi connectivity index (χ4n) is 3.20. The van der Waals surface area contributed by atoms with Crippen LogP contribution in [-0.4, -0.2) is 26.9 Å². The van der Waals surface area contributed by atoms with Crippen molar-refractivity contribution in [3.8, 4) is 17.1 Å². The van der Waals surface area contributed by atoms with E-state index in [-0.39, 0.29) is 5.69 Å². The van der Waals surface area contributed by atoms with Crippen LogP contribution in [0.3, 0.4) is 0 Å². The summed E-state index contributed by atoms with van der Waals surface area (Å²) in [6, 6.07) is 24.6.